The maximum Gasteiger partial charge on any atom is 0.311 e. The Morgan fingerprint density at radius 1 is 1.17 bits per heavy atom. The summed E-state index contributed by atoms with van der Waals surface area (Å²) >= 11 is 0. The zero-order chi connectivity index (χ0) is 21.3. The van der Waals surface area contributed by atoms with Crippen LogP contribution < -0.4 is 0 Å². The number of esters is 1. The second-order valence-corrected chi connectivity index (χ2v) is 8.80. The maximum absolute atomic E-state index is 13.1. The van der Waals surface area contributed by atoms with Gasteiger partial charge in [0, 0.05) is 12.6 Å². The summed E-state index contributed by atoms with van der Waals surface area (Å²) < 4.78 is 5.05. The molecule has 2 heterocycles. The Bertz CT molecular complexity index is 793. The predicted molar refractivity (Wildman–Crippen MR) is 111 cm³/mol. The molecule has 0 spiro atoms. The quantitative estimate of drug-likeness (QED) is 0.689. The van der Waals surface area contributed by atoms with Crippen LogP contribution in [0.1, 0.15) is 43.7 Å². The molecule has 7 heteroatoms. The molecule has 3 atom stereocenters. The van der Waals surface area contributed by atoms with Crippen LogP contribution in [0.5, 0.6) is 0 Å². The van der Waals surface area contributed by atoms with Crippen molar-refractivity contribution in [1.82, 2.24) is 14.7 Å². The Morgan fingerprint density at radius 2 is 1.87 bits per heavy atom. The number of nitrogens with zero attached hydrogens (tertiary/aromatic N) is 3. The lowest BCUT2D eigenvalue weighted by Gasteiger charge is -2.40. The minimum absolute atomic E-state index is 0.00446. The van der Waals surface area contributed by atoms with E-state index in [4.69, 9.17) is 4.74 Å². The first kappa shape index (κ1) is 20.8. The fourth-order valence-corrected chi connectivity index (χ4v) is 5.44. The van der Waals surface area contributed by atoms with E-state index < -0.39 is 5.92 Å². The van der Waals surface area contributed by atoms with Gasteiger partial charge in [0.25, 0.3) is 0 Å². The first-order valence-electron chi connectivity index (χ1n) is 10.9. The summed E-state index contributed by atoms with van der Waals surface area (Å²) in [4.78, 5) is 44.2. The monoisotopic (exact) mass is 413 g/mol. The fourth-order valence-electron chi connectivity index (χ4n) is 5.44. The van der Waals surface area contributed by atoms with Gasteiger partial charge in [0.1, 0.15) is 0 Å². The first-order valence-corrected chi connectivity index (χ1v) is 10.9. The van der Waals surface area contributed by atoms with Crippen molar-refractivity contribution in [3.63, 3.8) is 0 Å². The Labute approximate surface area is 177 Å². The van der Waals surface area contributed by atoms with E-state index in [0.717, 1.165) is 18.4 Å². The van der Waals surface area contributed by atoms with Gasteiger partial charge in [0.05, 0.1) is 38.2 Å². The summed E-state index contributed by atoms with van der Waals surface area (Å²) in [6, 6.07) is 9.61. The van der Waals surface area contributed by atoms with Gasteiger partial charge in [0.2, 0.25) is 11.8 Å². The van der Waals surface area contributed by atoms with Gasteiger partial charge in [-0.1, -0.05) is 43.2 Å². The molecule has 0 aromatic heterocycles. The van der Waals surface area contributed by atoms with Crippen LogP contribution in [-0.2, 0) is 19.1 Å². The molecular formula is C23H31N3O4. The molecule has 4 rings (SSSR count). The van der Waals surface area contributed by atoms with Crippen molar-refractivity contribution >= 4 is 17.8 Å². The third kappa shape index (κ3) is 3.95. The summed E-state index contributed by atoms with van der Waals surface area (Å²) in [6.45, 7) is 0.887. The molecule has 2 aliphatic heterocycles. The summed E-state index contributed by atoms with van der Waals surface area (Å²) in [5, 5.41) is 0. The minimum Gasteiger partial charge on any atom is -0.469 e. The molecule has 30 heavy (non-hydrogen) atoms. The lowest BCUT2D eigenvalue weighted by atomic mass is 9.93. The van der Waals surface area contributed by atoms with Gasteiger partial charge in [0.15, 0.2) is 0 Å². The SMILES string of the molecule is COC(=O)[C@H]1C[C@H]2CN(C(=O)CN(C)C3CCCC3)CC(=O)N2[C@H]1c1ccccc1. The van der Waals surface area contributed by atoms with Crippen LogP contribution in [-0.4, -0.2) is 78.4 Å². The zero-order valence-corrected chi connectivity index (χ0v) is 17.8. The van der Waals surface area contributed by atoms with Crippen LogP contribution in [0.3, 0.4) is 0 Å². The molecule has 0 bridgehead atoms. The van der Waals surface area contributed by atoms with Crippen molar-refractivity contribution in [3.05, 3.63) is 35.9 Å². The third-order valence-corrected chi connectivity index (χ3v) is 6.98. The molecule has 162 valence electrons. The van der Waals surface area contributed by atoms with Gasteiger partial charge in [-0.25, -0.2) is 0 Å². The van der Waals surface area contributed by atoms with Gasteiger partial charge >= 0.3 is 5.97 Å². The van der Waals surface area contributed by atoms with Crippen molar-refractivity contribution in [2.75, 3.05) is 33.8 Å². The van der Waals surface area contributed by atoms with Crippen LogP contribution in [0.15, 0.2) is 30.3 Å². The molecule has 1 aromatic rings. The van der Waals surface area contributed by atoms with Crippen LogP contribution in [0.4, 0.5) is 0 Å². The average Bonchev–Trinajstić information content (AvgIpc) is 3.42. The number of ether oxygens (including phenoxy) is 1. The molecule has 2 amide bonds. The normalized spacial score (nSPS) is 26.9. The van der Waals surface area contributed by atoms with Gasteiger partial charge in [-0.15, -0.1) is 0 Å². The van der Waals surface area contributed by atoms with E-state index in [1.54, 1.807) is 4.90 Å². The molecule has 0 radical (unpaired) electrons. The van der Waals surface area contributed by atoms with E-state index in [2.05, 4.69) is 4.90 Å². The molecule has 0 N–H and O–H groups in total. The van der Waals surface area contributed by atoms with E-state index in [9.17, 15) is 14.4 Å². The number of amides is 2. The van der Waals surface area contributed by atoms with Gasteiger partial charge < -0.3 is 14.5 Å². The van der Waals surface area contributed by atoms with Gasteiger partial charge in [-0.05, 0) is 31.9 Å². The Kier molecular flexibility index (Phi) is 6.09. The molecule has 1 saturated carbocycles. The predicted octanol–water partition coefficient (Wildman–Crippen LogP) is 1.83. The molecule has 3 fully saturated rings. The Balaban J connectivity index is 1.50. The average molecular weight is 414 g/mol. The number of benzene rings is 1. The number of carbonyl (C=O) groups excluding carboxylic acids is 3. The van der Waals surface area contributed by atoms with E-state index in [1.165, 1.54) is 20.0 Å². The van der Waals surface area contributed by atoms with Crippen LogP contribution >= 0.6 is 0 Å². The van der Waals surface area contributed by atoms with Crippen molar-refractivity contribution < 1.29 is 19.1 Å². The highest BCUT2D eigenvalue weighted by Crippen LogP contribution is 2.43. The maximum atomic E-state index is 13.1. The molecule has 3 aliphatic rings. The number of hydrogen-bond donors (Lipinski definition) is 0. The minimum atomic E-state index is -0.414. The fraction of sp³-hybridized carbons (Fsp3) is 0.609. The Morgan fingerprint density at radius 3 is 2.53 bits per heavy atom. The Hall–Kier alpha value is -2.41. The van der Waals surface area contributed by atoms with Crippen LogP contribution in [0.25, 0.3) is 0 Å². The second kappa shape index (κ2) is 8.76. The molecular weight excluding hydrogens is 382 g/mol. The van der Waals surface area contributed by atoms with Gasteiger partial charge in [-0.3, -0.25) is 19.3 Å². The number of carbonyl (C=O) groups is 3. The summed E-state index contributed by atoms with van der Waals surface area (Å²) in [5.74, 6) is -0.814. The lowest BCUT2D eigenvalue weighted by Crippen LogP contribution is -2.57. The van der Waals surface area contributed by atoms with Crippen LogP contribution in [0, 0.1) is 5.92 Å². The molecule has 1 aliphatic carbocycles. The smallest absolute Gasteiger partial charge is 0.311 e. The van der Waals surface area contributed by atoms with E-state index in [0.29, 0.717) is 25.6 Å². The van der Waals surface area contributed by atoms with Gasteiger partial charge in [-0.2, -0.15) is 0 Å². The van der Waals surface area contributed by atoms with Crippen molar-refractivity contribution in [2.45, 2.75) is 50.2 Å². The standard InChI is InChI=1S/C23H31N3O4/c1-24(17-10-6-7-11-17)14-20(27)25-13-18-12-19(23(29)30-2)22(26(18)21(28)15-25)16-8-4-3-5-9-16/h3-5,8-9,17-19,22H,6-7,10-15H2,1-2H3/t18-,19-,22-/m0/s1. The van der Waals surface area contributed by atoms with Crippen LogP contribution in [0.2, 0.25) is 0 Å². The highest BCUT2D eigenvalue weighted by Gasteiger charge is 2.51. The highest BCUT2D eigenvalue weighted by molar-refractivity contribution is 5.88. The molecule has 2 saturated heterocycles. The number of rotatable bonds is 5. The van der Waals surface area contributed by atoms with E-state index in [1.807, 2.05) is 42.3 Å². The number of fused-ring (bicyclic) bond motifs is 1. The van der Waals surface area contributed by atoms with E-state index >= 15 is 0 Å². The summed E-state index contributed by atoms with van der Waals surface area (Å²) in [5.41, 5.74) is 0.935. The topological polar surface area (TPSA) is 70.2 Å². The highest BCUT2D eigenvalue weighted by atomic mass is 16.5. The van der Waals surface area contributed by atoms with E-state index in [-0.39, 0.29) is 36.4 Å². The van der Waals surface area contributed by atoms with Crippen molar-refractivity contribution in [3.8, 4) is 0 Å². The molecule has 0 unspecified atom stereocenters. The number of hydrogen-bond acceptors (Lipinski definition) is 5. The summed E-state index contributed by atoms with van der Waals surface area (Å²) in [6.07, 6.45) is 5.23. The number of methoxy groups -OCH3 is 1. The molecule has 1 aromatic carbocycles. The zero-order valence-electron chi connectivity index (χ0n) is 17.8. The van der Waals surface area contributed by atoms with Crippen molar-refractivity contribution in [2.24, 2.45) is 5.92 Å². The number of likely N-dealkylation sites (N-methyl/N-ethyl adjacent to an activating group) is 1. The second-order valence-electron chi connectivity index (χ2n) is 8.80. The number of piperazine rings is 1. The van der Waals surface area contributed by atoms with Crippen molar-refractivity contribution in [1.29, 1.82) is 0 Å². The summed E-state index contributed by atoms with van der Waals surface area (Å²) in [7, 11) is 3.39. The lowest BCUT2D eigenvalue weighted by molar-refractivity contribution is -0.151. The molecule has 7 nitrogen and oxygen atoms in total. The third-order valence-electron chi connectivity index (χ3n) is 6.98. The largest absolute Gasteiger partial charge is 0.469 e. The first-order chi connectivity index (χ1) is 14.5.